The summed E-state index contributed by atoms with van der Waals surface area (Å²) in [7, 11) is 0. The molecule has 0 bridgehead atoms. The lowest BCUT2D eigenvalue weighted by atomic mass is 10.1. The van der Waals surface area contributed by atoms with Crippen molar-refractivity contribution in [3.63, 3.8) is 0 Å². The number of carbonyl (C=O) groups excluding carboxylic acids is 1. The fourth-order valence-corrected chi connectivity index (χ4v) is 2.31. The Morgan fingerprint density at radius 3 is 2.84 bits per heavy atom. The number of hydrogen-bond acceptors (Lipinski definition) is 2. The van der Waals surface area contributed by atoms with E-state index in [1.807, 2.05) is 26.0 Å². The highest BCUT2D eigenvalue weighted by Crippen LogP contribution is 2.27. The number of halogens is 1. The van der Waals surface area contributed by atoms with Crippen LogP contribution in [0.1, 0.15) is 23.2 Å². The summed E-state index contributed by atoms with van der Waals surface area (Å²) in [4.78, 5) is 18.8. The van der Waals surface area contributed by atoms with Gasteiger partial charge in [-0.1, -0.05) is 17.7 Å². The van der Waals surface area contributed by atoms with E-state index in [4.69, 9.17) is 11.6 Å². The number of aromatic amines is 1. The first kappa shape index (κ1) is 13.6. The maximum Gasteiger partial charge on any atom is 0.224 e. The summed E-state index contributed by atoms with van der Waals surface area (Å²) in [5.41, 5.74) is 3.70. The van der Waals surface area contributed by atoms with E-state index in [2.05, 4.69) is 15.3 Å². The second-order valence-electron chi connectivity index (χ2n) is 4.56. The second kappa shape index (κ2) is 5.89. The van der Waals surface area contributed by atoms with Gasteiger partial charge in [0, 0.05) is 18.3 Å². The Balaban J connectivity index is 1.99. The summed E-state index contributed by atoms with van der Waals surface area (Å²) >= 11 is 6.15. The van der Waals surface area contributed by atoms with Crippen LogP contribution in [-0.2, 0) is 11.2 Å². The molecule has 5 heteroatoms. The molecular formula is C14H16ClN3O. The number of benzene rings is 1. The minimum atomic E-state index is -0.0524. The monoisotopic (exact) mass is 277 g/mol. The molecule has 0 spiro atoms. The number of imidazole rings is 1. The SMILES string of the molecule is Cc1cc(C)c(NC(=O)CCc2cnc[nH]2)c(Cl)c1. The Morgan fingerprint density at radius 2 is 2.21 bits per heavy atom. The van der Waals surface area contributed by atoms with Crippen molar-refractivity contribution in [2.75, 3.05) is 5.32 Å². The molecule has 0 unspecified atom stereocenters. The molecule has 4 nitrogen and oxygen atoms in total. The van der Waals surface area contributed by atoms with E-state index in [0.29, 0.717) is 23.6 Å². The van der Waals surface area contributed by atoms with Gasteiger partial charge in [0.15, 0.2) is 0 Å². The molecular weight excluding hydrogens is 262 g/mol. The minimum Gasteiger partial charge on any atom is -0.348 e. The van der Waals surface area contributed by atoms with Crippen LogP contribution >= 0.6 is 11.6 Å². The highest BCUT2D eigenvalue weighted by atomic mass is 35.5. The Labute approximate surface area is 117 Å². The summed E-state index contributed by atoms with van der Waals surface area (Å²) in [6.07, 6.45) is 4.35. The molecule has 0 atom stereocenters. The van der Waals surface area contributed by atoms with Gasteiger partial charge in [-0.3, -0.25) is 4.79 Å². The molecule has 0 radical (unpaired) electrons. The van der Waals surface area contributed by atoms with E-state index >= 15 is 0 Å². The van der Waals surface area contributed by atoms with Crippen LogP contribution in [0.2, 0.25) is 5.02 Å². The third-order valence-electron chi connectivity index (χ3n) is 2.87. The number of rotatable bonds is 4. The Kier molecular flexibility index (Phi) is 4.22. The second-order valence-corrected chi connectivity index (χ2v) is 4.97. The zero-order chi connectivity index (χ0) is 13.8. The van der Waals surface area contributed by atoms with Gasteiger partial charge in [0.1, 0.15) is 0 Å². The number of hydrogen-bond donors (Lipinski definition) is 2. The summed E-state index contributed by atoms with van der Waals surface area (Å²) in [6, 6.07) is 3.84. The van der Waals surface area contributed by atoms with Crippen LogP contribution in [0.25, 0.3) is 0 Å². The highest BCUT2D eigenvalue weighted by Gasteiger charge is 2.09. The Morgan fingerprint density at radius 1 is 1.42 bits per heavy atom. The van der Waals surface area contributed by atoms with Crippen molar-refractivity contribution in [1.82, 2.24) is 9.97 Å². The average Bonchev–Trinajstić information content (AvgIpc) is 2.84. The van der Waals surface area contributed by atoms with E-state index < -0.39 is 0 Å². The van der Waals surface area contributed by atoms with Gasteiger partial charge in [0.25, 0.3) is 0 Å². The van der Waals surface area contributed by atoms with Crippen LogP contribution in [0, 0.1) is 13.8 Å². The highest BCUT2D eigenvalue weighted by molar-refractivity contribution is 6.34. The standard InChI is InChI=1S/C14H16ClN3O/c1-9-5-10(2)14(12(15)6-9)18-13(19)4-3-11-7-16-8-17-11/h5-8H,3-4H2,1-2H3,(H,16,17)(H,18,19). The third-order valence-corrected chi connectivity index (χ3v) is 3.17. The zero-order valence-corrected chi connectivity index (χ0v) is 11.7. The molecule has 0 fully saturated rings. The van der Waals surface area contributed by atoms with Crippen LogP contribution in [0.3, 0.4) is 0 Å². The number of nitrogens with one attached hydrogen (secondary N) is 2. The van der Waals surface area contributed by atoms with Crippen molar-refractivity contribution >= 4 is 23.2 Å². The number of aromatic nitrogens is 2. The maximum absolute atomic E-state index is 11.9. The fraction of sp³-hybridized carbons (Fsp3) is 0.286. The molecule has 0 saturated carbocycles. The number of H-pyrrole nitrogens is 1. The predicted molar refractivity (Wildman–Crippen MR) is 76.5 cm³/mol. The summed E-state index contributed by atoms with van der Waals surface area (Å²) in [5.74, 6) is -0.0524. The quantitative estimate of drug-likeness (QED) is 0.901. The van der Waals surface area contributed by atoms with Gasteiger partial charge in [-0.2, -0.15) is 0 Å². The molecule has 0 aliphatic rings. The van der Waals surface area contributed by atoms with Crippen LogP contribution in [0.5, 0.6) is 0 Å². The maximum atomic E-state index is 11.9. The molecule has 1 aromatic heterocycles. The molecule has 2 N–H and O–H groups in total. The predicted octanol–water partition coefficient (Wildman–Crippen LogP) is 3.25. The third kappa shape index (κ3) is 3.58. The molecule has 2 aromatic rings. The lowest BCUT2D eigenvalue weighted by molar-refractivity contribution is -0.116. The van der Waals surface area contributed by atoms with Gasteiger partial charge < -0.3 is 10.3 Å². The molecule has 1 amide bonds. The topological polar surface area (TPSA) is 57.8 Å². The lowest BCUT2D eigenvalue weighted by Crippen LogP contribution is -2.13. The first-order chi connectivity index (χ1) is 9.06. The van der Waals surface area contributed by atoms with Gasteiger partial charge in [-0.15, -0.1) is 0 Å². The van der Waals surface area contributed by atoms with Gasteiger partial charge in [0.05, 0.1) is 17.0 Å². The molecule has 0 saturated heterocycles. The average molecular weight is 278 g/mol. The van der Waals surface area contributed by atoms with Gasteiger partial charge in [0.2, 0.25) is 5.91 Å². The molecule has 19 heavy (non-hydrogen) atoms. The smallest absolute Gasteiger partial charge is 0.224 e. The van der Waals surface area contributed by atoms with Crippen molar-refractivity contribution in [1.29, 1.82) is 0 Å². The van der Waals surface area contributed by atoms with Crippen LogP contribution in [0.15, 0.2) is 24.7 Å². The van der Waals surface area contributed by atoms with E-state index in [-0.39, 0.29) is 5.91 Å². The molecule has 100 valence electrons. The Bertz CT molecular complexity index is 555. The van der Waals surface area contributed by atoms with E-state index in [1.165, 1.54) is 0 Å². The first-order valence-corrected chi connectivity index (χ1v) is 6.48. The number of carbonyl (C=O) groups is 1. The van der Waals surface area contributed by atoms with E-state index in [0.717, 1.165) is 16.8 Å². The molecule has 1 heterocycles. The Hall–Kier alpha value is -1.81. The van der Waals surface area contributed by atoms with E-state index in [9.17, 15) is 4.79 Å². The van der Waals surface area contributed by atoms with Crippen molar-refractivity contribution in [2.45, 2.75) is 26.7 Å². The van der Waals surface area contributed by atoms with Crippen molar-refractivity contribution in [3.05, 3.63) is 46.5 Å². The number of amides is 1. The van der Waals surface area contributed by atoms with Crippen LogP contribution in [-0.4, -0.2) is 15.9 Å². The molecule has 0 aliphatic carbocycles. The van der Waals surface area contributed by atoms with Crippen molar-refractivity contribution < 1.29 is 4.79 Å². The van der Waals surface area contributed by atoms with Crippen molar-refractivity contribution in [2.24, 2.45) is 0 Å². The normalized spacial score (nSPS) is 10.5. The largest absolute Gasteiger partial charge is 0.348 e. The molecule has 0 aliphatic heterocycles. The molecule has 1 aromatic carbocycles. The van der Waals surface area contributed by atoms with Crippen LogP contribution < -0.4 is 5.32 Å². The minimum absolute atomic E-state index is 0.0524. The zero-order valence-electron chi connectivity index (χ0n) is 11.0. The van der Waals surface area contributed by atoms with E-state index in [1.54, 1.807) is 12.5 Å². The van der Waals surface area contributed by atoms with Gasteiger partial charge >= 0.3 is 0 Å². The van der Waals surface area contributed by atoms with Gasteiger partial charge in [-0.25, -0.2) is 4.98 Å². The number of aryl methyl sites for hydroxylation is 3. The summed E-state index contributed by atoms with van der Waals surface area (Å²) in [6.45, 7) is 3.91. The first-order valence-electron chi connectivity index (χ1n) is 6.10. The summed E-state index contributed by atoms with van der Waals surface area (Å²) < 4.78 is 0. The number of anilines is 1. The number of nitrogens with zero attached hydrogens (tertiary/aromatic N) is 1. The fourth-order valence-electron chi connectivity index (χ4n) is 1.95. The molecule has 2 rings (SSSR count). The lowest BCUT2D eigenvalue weighted by Gasteiger charge is -2.11. The van der Waals surface area contributed by atoms with Gasteiger partial charge in [-0.05, 0) is 37.5 Å². The summed E-state index contributed by atoms with van der Waals surface area (Å²) in [5, 5.41) is 3.44. The van der Waals surface area contributed by atoms with Crippen molar-refractivity contribution in [3.8, 4) is 0 Å². The van der Waals surface area contributed by atoms with Crippen LogP contribution in [0.4, 0.5) is 5.69 Å².